The van der Waals surface area contributed by atoms with E-state index < -0.39 is 10.0 Å². The van der Waals surface area contributed by atoms with Gasteiger partial charge in [-0.2, -0.15) is 0 Å². The third-order valence-corrected chi connectivity index (χ3v) is 5.07. The smallest absolute Gasteiger partial charge is 0.253 e. The van der Waals surface area contributed by atoms with Crippen molar-refractivity contribution in [1.82, 2.24) is 4.90 Å². The van der Waals surface area contributed by atoms with Gasteiger partial charge in [0.05, 0.1) is 18.5 Å². The number of carbonyl (C=O) groups excluding carboxylic acids is 1. The summed E-state index contributed by atoms with van der Waals surface area (Å²) in [7, 11) is -1.64. The number of rotatable bonds is 5. The summed E-state index contributed by atoms with van der Waals surface area (Å²) in [5.41, 5.74) is 2.82. The van der Waals surface area contributed by atoms with Crippen molar-refractivity contribution in [3.05, 3.63) is 51.2 Å². The zero-order valence-electron chi connectivity index (χ0n) is 13.6. The summed E-state index contributed by atoms with van der Waals surface area (Å²) in [6.45, 7) is 4.34. The molecule has 2 rings (SSSR count). The van der Waals surface area contributed by atoms with E-state index in [9.17, 15) is 13.2 Å². The second-order valence-electron chi connectivity index (χ2n) is 5.59. The van der Waals surface area contributed by atoms with Crippen LogP contribution >= 0.6 is 11.3 Å². The van der Waals surface area contributed by atoms with E-state index >= 15 is 0 Å². The number of nitrogens with one attached hydrogen (secondary N) is 1. The van der Waals surface area contributed by atoms with Crippen molar-refractivity contribution >= 4 is 33.0 Å². The van der Waals surface area contributed by atoms with E-state index in [0.29, 0.717) is 17.8 Å². The number of nitrogens with zero attached hydrogens (tertiary/aromatic N) is 1. The first-order valence-electron chi connectivity index (χ1n) is 7.04. The molecule has 0 bridgehead atoms. The van der Waals surface area contributed by atoms with E-state index in [-0.39, 0.29) is 5.91 Å². The van der Waals surface area contributed by atoms with E-state index in [2.05, 4.69) is 4.72 Å². The standard InChI is InChI=1S/C16H20N2O3S2/c1-11-5-6-13(9-14(11)17-23(4,20)21)16(19)18(3)10-15-12(2)7-8-22-15/h5-9,17H,10H2,1-4H3. The molecule has 1 amide bonds. The molecule has 0 radical (unpaired) electrons. The monoisotopic (exact) mass is 352 g/mol. The molecule has 1 aromatic carbocycles. The van der Waals surface area contributed by atoms with E-state index in [1.807, 2.05) is 18.4 Å². The number of carbonyl (C=O) groups is 1. The molecule has 0 aliphatic carbocycles. The van der Waals surface area contributed by atoms with Crippen molar-refractivity contribution in [2.75, 3.05) is 18.0 Å². The highest BCUT2D eigenvalue weighted by atomic mass is 32.2. The third kappa shape index (κ3) is 4.56. The van der Waals surface area contributed by atoms with Crippen LogP contribution in [0.4, 0.5) is 5.69 Å². The van der Waals surface area contributed by atoms with Crippen LogP contribution in [-0.2, 0) is 16.6 Å². The average molecular weight is 352 g/mol. The quantitative estimate of drug-likeness (QED) is 0.899. The highest BCUT2D eigenvalue weighted by molar-refractivity contribution is 7.92. The lowest BCUT2D eigenvalue weighted by Crippen LogP contribution is -2.26. The Balaban J connectivity index is 2.22. The van der Waals surface area contributed by atoms with Crippen molar-refractivity contribution in [3.63, 3.8) is 0 Å². The summed E-state index contributed by atoms with van der Waals surface area (Å²) in [5, 5.41) is 2.00. The number of hydrogen-bond donors (Lipinski definition) is 1. The predicted octanol–water partition coefficient (Wildman–Crippen LogP) is 3.01. The molecule has 23 heavy (non-hydrogen) atoms. The molecule has 1 aromatic heterocycles. The normalized spacial score (nSPS) is 11.3. The molecule has 0 saturated heterocycles. The molecule has 0 fully saturated rings. The lowest BCUT2D eigenvalue weighted by molar-refractivity contribution is 0.0786. The molecule has 0 saturated carbocycles. The van der Waals surface area contributed by atoms with Crippen molar-refractivity contribution in [2.24, 2.45) is 0 Å². The van der Waals surface area contributed by atoms with Crippen molar-refractivity contribution in [1.29, 1.82) is 0 Å². The Labute approximate surface area is 141 Å². The molecule has 0 spiro atoms. The minimum Gasteiger partial charge on any atom is -0.337 e. The van der Waals surface area contributed by atoms with E-state index in [4.69, 9.17) is 0 Å². The highest BCUT2D eigenvalue weighted by Crippen LogP contribution is 2.21. The Kier molecular flexibility index (Phi) is 5.11. The van der Waals surface area contributed by atoms with Crippen LogP contribution in [0.25, 0.3) is 0 Å². The van der Waals surface area contributed by atoms with Crippen molar-refractivity contribution in [3.8, 4) is 0 Å². The fourth-order valence-electron chi connectivity index (χ4n) is 2.14. The van der Waals surface area contributed by atoms with E-state index in [0.717, 1.165) is 22.3 Å². The summed E-state index contributed by atoms with van der Waals surface area (Å²) < 4.78 is 25.3. The number of hydrogen-bond acceptors (Lipinski definition) is 4. The zero-order valence-corrected chi connectivity index (χ0v) is 15.2. The third-order valence-electron chi connectivity index (χ3n) is 3.48. The second kappa shape index (κ2) is 6.72. The maximum atomic E-state index is 12.6. The molecular weight excluding hydrogens is 332 g/mol. The molecule has 5 nitrogen and oxygen atoms in total. The van der Waals surface area contributed by atoms with Crippen LogP contribution in [0.5, 0.6) is 0 Å². The number of sulfonamides is 1. The number of anilines is 1. The number of thiophene rings is 1. The summed E-state index contributed by atoms with van der Waals surface area (Å²) >= 11 is 1.62. The topological polar surface area (TPSA) is 66.5 Å². The van der Waals surface area contributed by atoms with Gasteiger partial charge in [0.25, 0.3) is 5.91 Å². The van der Waals surface area contributed by atoms with E-state index in [1.165, 1.54) is 0 Å². The van der Waals surface area contributed by atoms with Crippen LogP contribution in [0.2, 0.25) is 0 Å². The van der Waals surface area contributed by atoms with Crippen LogP contribution in [0.15, 0.2) is 29.6 Å². The van der Waals surface area contributed by atoms with Crippen LogP contribution in [0.1, 0.15) is 26.4 Å². The van der Waals surface area contributed by atoms with Gasteiger partial charge in [-0.1, -0.05) is 6.07 Å². The molecule has 124 valence electrons. The van der Waals surface area contributed by atoms with Crippen LogP contribution in [0.3, 0.4) is 0 Å². The molecule has 0 aliphatic rings. The lowest BCUT2D eigenvalue weighted by Gasteiger charge is -2.18. The first-order valence-corrected chi connectivity index (χ1v) is 9.81. The van der Waals surface area contributed by atoms with Gasteiger partial charge < -0.3 is 4.90 Å². The molecule has 0 unspecified atom stereocenters. The SMILES string of the molecule is Cc1ccc(C(=O)N(C)Cc2sccc2C)cc1NS(C)(=O)=O. The van der Waals surface area contributed by atoms with Gasteiger partial charge in [-0.05, 0) is 48.6 Å². The van der Waals surface area contributed by atoms with Gasteiger partial charge in [-0.25, -0.2) is 8.42 Å². The summed E-state index contributed by atoms with van der Waals surface area (Å²) in [5.74, 6) is -0.144. The second-order valence-corrected chi connectivity index (χ2v) is 8.34. The Bertz CT molecular complexity index is 826. The Morgan fingerprint density at radius 2 is 1.91 bits per heavy atom. The molecule has 2 aromatic rings. The highest BCUT2D eigenvalue weighted by Gasteiger charge is 2.15. The molecule has 1 heterocycles. The molecule has 1 N–H and O–H groups in total. The summed E-state index contributed by atoms with van der Waals surface area (Å²) in [6.07, 6.45) is 1.09. The van der Waals surface area contributed by atoms with Crippen molar-refractivity contribution < 1.29 is 13.2 Å². The van der Waals surface area contributed by atoms with E-state index in [1.54, 1.807) is 48.4 Å². The first-order chi connectivity index (χ1) is 10.7. The fourth-order valence-corrected chi connectivity index (χ4v) is 3.72. The minimum atomic E-state index is -3.38. The summed E-state index contributed by atoms with van der Waals surface area (Å²) in [6, 6.07) is 7.06. The number of benzene rings is 1. The Hall–Kier alpha value is -1.86. The minimum absolute atomic E-state index is 0.144. The van der Waals surface area contributed by atoms with Gasteiger partial charge in [0.15, 0.2) is 0 Å². The van der Waals surface area contributed by atoms with Gasteiger partial charge in [0.1, 0.15) is 0 Å². The molecular formula is C16H20N2O3S2. The molecule has 7 heteroatoms. The van der Waals surface area contributed by atoms with Gasteiger partial charge >= 0.3 is 0 Å². The average Bonchev–Trinajstić information content (AvgIpc) is 2.84. The maximum absolute atomic E-state index is 12.6. The zero-order chi connectivity index (χ0) is 17.2. The largest absolute Gasteiger partial charge is 0.337 e. The number of amides is 1. The number of aryl methyl sites for hydroxylation is 2. The molecule has 0 atom stereocenters. The van der Waals surface area contributed by atoms with Gasteiger partial charge in [-0.3, -0.25) is 9.52 Å². The van der Waals surface area contributed by atoms with Gasteiger partial charge in [-0.15, -0.1) is 11.3 Å². The van der Waals surface area contributed by atoms with Crippen LogP contribution < -0.4 is 4.72 Å². The van der Waals surface area contributed by atoms with Crippen molar-refractivity contribution in [2.45, 2.75) is 20.4 Å². The Morgan fingerprint density at radius 3 is 2.48 bits per heavy atom. The Morgan fingerprint density at radius 1 is 1.22 bits per heavy atom. The van der Waals surface area contributed by atoms with Crippen LogP contribution in [0, 0.1) is 13.8 Å². The predicted molar refractivity (Wildman–Crippen MR) is 94.5 cm³/mol. The fraction of sp³-hybridized carbons (Fsp3) is 0.312. The first kappa shape index (κ1) is 17.5. The lowest BCUT2D eigenvalue weighted by atomic mass is 10.1. The maximum Gasteiger partial charge on any atom is 0.253 e. The summed E-state index contributed by atoms with van der Waals surface area (Å²) in [4.78, 5) is 15.3. The van der Waals surface area contributed by atoms with Crippen LogP contribution in [-0.4, -0.2) is 32.5 Å². The van der Waals surface area contributed by atoms with Gasteiger partial charge in [0, 0.05) is 17.5 Å². The molecule has 0 aliphatic heterocycles. The van der Waals surface area contributed by atoms with Gasteiger partial charge in [0.2, 0.25) is 10.0 Å².